The number of piperidine rings is 1. The molecule has 1 heterocycles. The Morgan fingerprint density at radius 3 is 2.63 bits per heavy atom. The van der Waals surface area contributed by atoms with Crippen LogP contribution >= 0.6 is 0 Å². The maximum Gasteiger partial charge on any atom is 0.229 e. The van der Waals surface area contributed by atoms with Gasteiger partial charge in [-0.15, -0.1) is 0 Å². The van der Waals surface area contributed by atoms with Gasteiger partial charge in [0.1, 0.15) is 0 Å². The van der Waals surface area contributed by atoms with Crippen molar-refractivity contribution in [2.24, 2.45) is 0 Å². The van der Waals surface area contributed by atoms with Crippen LogP contribution in [0.5, 0.6) is 0 Å². The first-order valence-electron chi connectivity index (χ1n) is 7.14. The molecule has 1 aromatic carbocycles. The fourth-order valence-corrected chi connectivity index (χ4v) is 2.45. The Kier molecular flexibility index (Phi) is 5.13. The molecule has 1 saturated heterocycles. The molecule has 0 bridgehead atoms. The minimum atomic E-state index is 0.0118. The Morgan fingerprint density at radius 1 is 1.11 bits per heavy atom. The van der Waals surface area contributed by atoms with Crippen LogP contribution in [-0.4, -0.2) is 23.3 Å². The first-order chi connectivity index (χ1) is 9.27. The number of imide groups is 1. The second-order valence-corrected chi connectivity index (χ2v) is 5.09. The van der Waals surface area contributed by atoms with E-state index in [9.17, 15) is 9.59 Å². The van der Waals surface area contributed by atoms with Gasteiger partial charge in [-0.25, -0.2) is 0 Å². The number of hydrogen-bond acceptors (Lipinski definition) is 2. The predicted molar refractivity (Wildman–Crippen MR) is 74.6 cm³/mol. The highest BCUT2D eigenvalue weighted by atomic mass is 16.2. The van der Waals surface area contributed by atoms with E-state index in [1.807, 2.05) is 18.2 Å². The molecule has 1 fully saturated rings. The molecule has 0 saturated carbocycles. The van der Waals surface area contributed by atoms with E-state index in [1.165, 1.54) is 10.5 Å². The van der Waals surface area contributed by atoms with Gasteiger partial charge in [-0.1, -0.05) is 30.3 Å². The van der Waals surface area contributed by atoms with Crippen LogP contribution in [0.1, 0.15) is 44.1 Å². The van der Waals surface area contributed by atoms with Gasteiger partial charge in [0.05, 0.1) is 0 Å². The average Bonchev–Trinajstić information content (AvgIpc) is 2.45. The highest BCUT2D eigenvalue weighted by molar-refractivity contribution is 5.95. The Bertz CT molecular complexity index is 428. The highest BCUT2D eigenvalue weighted by Gasteiger charge is 2.23. The van der Waals surface area contributed by atoms with Crippen molar-refractivity contribution in [3.05, 3.63) is 35.9 Å². The van der Waals surface area contributed by atoms with Gasteiger partial charge in [-0.05, 0) is 37.7 Å². The topological polar surface area (TPSA) is 37.4 Å². The van der Waals surface area contributed by atoms with Crippen LogP contribution in [0, 0.1) is 0 Å². The van der Waals surface area contributed by atoms with E-state index < -0.39 is 0 Å². The van der Waals surface area contributed by atoms with Crippen molar-refractivity contribution in [1.82, 2.24) is 4.90 Å². The smallest absolute Gasteiger partial charge is 0.229 e. The van der Waals surface area contributed by atoms with E-state index in [-0.39, 0.29) is 11.8 Å². The standard InChI is InChI=1S/C16H21NO2/c18-15(17-13-7-6-12-16(17)19)11-5-4-10-14-8-2-1-3-9-14/h1-3,8-9H,4-7,10-13H2. The van der Waals surface area contributed by atoms with Gasteiger partial charge in [0.15, 0.2) is 0 Å². The summed E-state index contributed by atoms with van der Waals surface area (Å²) in [4.78, 5) is 25.0. The molecule has 0 unspecified atom stereocenters. The van der Waals surface area contributed by atoms with Crippen LogP contribution in [0.3, 0.4) is 0 Å². The van der Waals surface area contributed by atoms with Gasteiger partial charge in [0, 0.05) is 19.4 Å². The zero-order valence-electron chi connectivity index (χ0n) is 11.3. The van der Waals surface area contributed by atoms with Gasteiger partial charge in [-0.2, -0.15) is 0 Å². The molecule has 102 valence electrons. The van der Waals surface area contributed by atoms with E-state index in [4.69, 9.17) is 0 Å². The average molecular weight is 259 g/mol. The normalized spacial score (nSPS) is 15.6. The maximum absolute atomic E-state index is 11.9. The molecule has 2 rings (SSSR count). The zero-order chi connectivity index (χ0) is 13.5. The Morgan fingerprint density at radius 2 is 1.89 bits per heavy atom. The first-order valence-corrected chi connectivity index (χ1v) is 7.14. The number of aryl methyl sites for hydroxylation is 1. The van der Waals surface area contributed by atoms with Crippen LogP contribution in [-0.2, 0) is 16.0 Å². The summed E-state index contributed by atoms with van der Waals surface area (Å²) in [6, 6.07) is 10.3. The summed E-state index contributed by atoms with van der Waals surface area (Å²) in [7, 11) is 0. The lowest BCUT2D eigenvalue weighted by Gasteiger charge is -2.24. The number of unbranched alkanes of at least 4 members (excludes halogenated alkanes) is 1. The number of carbonyl (C=O) groups excluding carboxylic acids is 2. The van der Waals surface area contributed by atoms with Gasteiger partial charge in [0.25, 0.3) is 0 Å². The third kappa shape index (κ3) is 4.19. The lowest BCUT2D eigenvalue weighted by atomic mass is 10.1. The molecular weight excluding hydrogens is 238 g/mol. The molecule has 1 aliphatic heterocycles. The van der Waals surface area contributed by atoms with Crippen molar-refractivity contribution in [3.63, 3.8) is 0 Å². The van der Waals surface area contributed by atoms with Crippen molar-refractivity contribution >= 4 is 11.8 Å². The number of hydrogen-bond donors (Lipinski definition) is 0. The molecule has 3 heteroatoms. The summed E-state index contributed by atoms with van der Waals surface area (Å²) in [6.45, 7) is 0.621. The van der Waals surface area contributed by atoms with Gasteiger partial charge in [0.2, 0.25) is 11.8 Å². The van der Waals surface area contributed by atoms with Gasteiger partial charge >= 0.3 is 0 Å². The summed E-state index contributed by atoms with van der Waals surface area (Å²) in [5.74, 6) is 0.0251. The molecule has 1 aromatic rings. The quantitative estimate of drug-likeness (QED) is 0.762. The number of nitrogens with zero attached hydrogens (tertiary/aromatic N) is 1. The van der Waals surface area contributed by atoms with E-state index in [2.05, 4.69) is 12.1 Å². The van der Waals surface area contributed by atoms with Crippen LogP contribution < -0.4 is 0 Å². The molecule has 3 nitrogen and oxygen atoms in total. The molecule has 0 aromatic heterocycles. The minimum Gasteiger partial charge on any atom is -0.283 e. The number of carbonyl (C=O) groups is 2. The van der Waals surface area contributed by atoms with E-state index in [0.717, 1.165) is 32.1 Å². The zero-order valence-corrected chi connectivity index (χ0v) is 11.3. The molecule has 0 radical (unpaired) electrons. The summed E-state index contributed by atoms with van der Waals surface area (Å²) in [5, 5.41) is 0. The number of rotatable bonds is 5. The first kappa shape index (κ1) is 13.8. The van der Waals surface area contributed by atoms with Crippen molar-refractivity contribution in [2.45, 2.75) is 44.9 Å². The Hall–Kier alpha value is -1.64. The second-order valence-electron chi connectivity index (χ2n) is 5.09. The third-order valence-electron chi connectivity index (χ3n) is 3.57. The molecule has 0 atom stereocenters. The van der Waals surface area contributed by atoms with Crippen molar-refractivity contribution in [1.29, 1.82) is 0 Å². The van der Waals surface area contributed by atoms with E-state index in [0.29, 0.717) is 19.4 Å². The Balaban J connectivity index is 1.68. The number of benzene rings is 1. The van der Waals surface area contributed by atoms with Crippen LogP contribution in [0.15, 0.2) is 30.3 Å². The summed E-state index contributed by atoms with van der Waals surface area (Å²) >= 11 is 0. The summed E-state index contributed by atoms with van der Waals surface area (Å²) in [5.41, 5.74) is 1.31. The second kappa shape index (κ2) is 7.07. The van der Waals surface area contributed by atoms with Crippen molar-refractivity contribution in [3.8, 4) is 0 Å². The number of amides is 2. The van der Waals surface area contributed by atoms with Crippen LogP contribution in [0.4, 0.5) is 0 Å². The maximum atomic E-state index is 11.9. The molecule has 0 N–H and O–H groups in total. The fraction of sp³-hybridized carbons (Fsp3) is 0.500. The van der Waals surface area contributed by atoms with Crippen molar-refractivity contribution in [2.75, 3.05) is 6.54 Å². The molecule has 2 amide bonds. The fourth-order valence-electron chi connectivity index (χ4n) is 2.45. The molecule has 19 heavy (non-hydrogen) atoms. The van der Waals surface area contributed by atoms with Gasteiger partial charge < -0.3 is 0 Å². The molecule has 1 aliphatic rings. The lowest BCUT2D eigenvalue weighted by molar-refractivity contribution is -0.146. The van der Waals surface area contributed by atoms with Crippen LogP contribution in [0.25, 0.3) is 0 Å². The van der Waals surface area contributed by atoms with Gasteiger partial charge in [-0.3, -0.25) is 14.5 Å². The summed E-state index contributed by atoms with van der Waals surface area (Å²) < 4.78 is 0. The monoisotopic (exact) mass is 259 g/mol. The van der Waals surface area contributed by atoms with E-state index in [1.54, 1.807) is 0 Å². The SMILES string of the molecule is O=C(CCCCc1ccccc1)N1CCCCC1=O. The van der Waals surface area contributed by atoms with Crippen molar-refractivity contribution < 1.29 is 9.59 Å². The third-order valence-corrected chi connectivity index (χ3v) is 3.57. The minimum absolute atomic E-state index is 0.0118. The largest absolute Gasteiger partial charge is 0.283 e. The highest BCUT2D eigenvalue weighted by Crippen LogP contribution is 2.13. The Labute approximate surface area is 114 Å². The summed E-state index contributed by atoms with van der Waals surface area (Å²) in [6.07, 6.45) is 5.78. The van der Waals surface area contributed by atoms with Crippen LogP contribution in [0.2, 0.25) is 0 Å². The molecule has 0 spiro atoms. The predicted octanol–water partition coefficient (Wildman–Crippen LogP) is 2.94. The molecular formula is C16H21NO2. The lowest BCUT2D eigenvalue weighted by Crippen LogP contribution is -2.40. The number of likely N-dealkylation sites (tertiary alicyclic amines) is 1. The van der Waals surface area contributed by atoms with E-state index >= 15 is 0 Å². The molecule has 0 aliphatic carbocycles.